The topological polar surface area (TPSA) is 61.6 Å². The van der Waals surface area contributed by atoms with Crippen LogP contribution >= 0.6 is 24.6 Å². The molecule has 1 atom stereocenters. The predicted molar refractivity (Wildman–Crippen MR) is 105 cm³/mol. The number of halogens is 1. The minimum Gasteiger partial charge on any atom is -0.415 e. The third-order valence-corrected chi connectivity index (χ3v) is 5.34. The molecule has 0 saturated heterocycles. The summed E-state index contributed by atoms with van der Waals surface area (Å²) in [6.07, 6.45) is 0. The molecule has 3 rings (SSSR count). The fraction of sp³-hybridized carbons (Fsp3) is 0.0526. The molecule has 0 radical (unpaired) electrons. The Morgan fingerprint density at radius 2 is 1.04 bits per heavy atom. The van der Waals surface area contributed by atoms with Crippen molar-refractivity contribution in [2.45, 2.75) is 5.78 Å². The van der Waals surface area contributed by atoms with Crippen LogP contribution < -0.4 is 14.8 Å². The van der Waals surface area contributed by atoms with Gasteiger partial charge in [0.2, 0.25) is 0 Å². The number of para-hydroxylation sites is 2. The van der Waals surface area contributed by atoms with Gasteiger partial charge in [0.1, 0.15) is 11.5 Å². The van der Waals surface area contributed by atoms with Crippen molar-refractivity contribution in [3.8, 4) is 11.5 Å². The van der Waals surface area contributed by atoms with Gasteiger partial charge in [0.15, 0.2) is 5.78 Å². The molecule has 0 fully saturated rings. The molecule has 130 valence electrons. The molecule has 0 aromatic heterocycles. The average molecular weight is 420 g/mol. The molecule has 0 heterocycles. The molecule has 0 aliphatic heterocycles. The summed E-state index contributed by atoms with van der Waals surface area (Å²) >= 11 is 0. The zero-order valence-electron chi connectivity index (χ0n) is 13.4. The molecule has 0 saturated carbocycles. The number of hydrogen-bond acceptors (Lipinski definition) is 4. The Labute approximate surface area is 157 Å². The highest BCUT2D eigenvalue weighted by molar-refractivity contribution is 8.93. The van der Waals surface area contributed by atoms with Gasteiger partial charge in [-0.3, -0.25) is 0 Å². The van der Waals surface area contributed by atoms with E-state index in [1.54, 1.807) is 60.7 Å². The summed E-state index contributed by atoms with van der Waals surface area (Å²) in [5.41, 5.74) is 6.94. The maximum Gasteiger partial charge on any atom is 0.451 e. The van der Waals surface area contributed by atoms with Crippen LogP contribution in [0.2, 0.25) is 0 Å². The van der Waals surface area contributed by atoms with Crippen LogP contribution in [0.1, 0.15) is 11.3 Å². The van der Waals surface area contributed by atoms with Crippen molar-refractivity contribution in [2.24, 2.45) is 5.73 Å². The fourth-order valence-corrected chi connectivity index (χ4v) is 3.85. The quantitative estimate of drug-likeness (QED) is 0.530. The van der Waals surface area contributed by atoms with E-state index >= 15 is 0 Å². The molecule has 2 N–H and O–H groups in total. The van der Waals surface area contributed by atoms with E-state index in [0.29, 0.717) is 17.1 Å². The van der Waals surface area contributed by atoms with E-state index in [1.807, 2.05) is 30.3 Å². The lowest BCUT2D eigenvalue weighted by Gasteiger charge is -2.25. The van der Waals surface area contributed by atoms with Crippen molar-refractivity contribution in [3.05, 3.63) is 96.6 Å². The summed E-state index contributed by atoms with van der Waals surface area (Å²) in [5.74, 6) is -0.00889. The standard InChI is InChI=1S/C19H18NO3P.BrH/c20-19(16-10-4-1-5-11-16)24(21,22-17-12-6-2-7-13-17)23-18-14-8-3-9-15-18;/h1-15,19H,20H2;1H. The Kier molecular flexibility index (Phi) is 6.82. The lowest BCUT2D eigenvalue weighted by molar-refractivity contribution is 0.373. The van der Waals surface area contributed by atoms with Gasteiger partial charge in [0.25, 0.3) is 0 Å². The molecule has 4 nitrogen and oxygen atoms in total. The van der Waals surface area contributed by atoms with Crippen LogP contribution in [0.15, 0.2) is 91.0 Å². The first-order valence-corrected chi connectivity index (χ1v) is 9.18. The van der Waals surface area contributed by atoms with Crippen LogP contribution in [0.3, 0.4) is 0 Å². The fourth-order valence-electron chi connectivity index (χ4n) is 2.22. The van der Waals surface area contributed by atoms with E-state index in [-0.39, 0.29) is 17.0 Å². The lowest BCUT2D eigenvalue weighted by atomic mass is 10.2. The summed E-state index contributed by atoms with van der Waals surface area (Å²) in [6.45, 7) is 0. The van der Waals surface area contributed by atoms with Crippen molar-refractivity contribution in [1.29, 1.82) is 0 Å². The second kappa shape index (κ2) is 8.86. The van der Waals surface area contributed by atoms with Crippen LogP contribution in [0.4, 0.5) is 0 Å². The van der Waals surface area contributed by atoms with Gasteiger partial charge >= 0.3 is 7.60 Å². The molecule has 25 heavy (non-hydrogen) atoms. The van der Waals surface area contributed by atoms with Crippen LogP contribution in [0.25, 0.3) is 0 Å². The van der Waals surface area contributed by atoms with E-state index in [1.165, 1.54) is 0 Å². The summed E-state index contributed by atoms with van der Waals surface area (Å²) in [7, 11) is -3.70. The van der Waals surface area contributed by atoms with E-state index < -0.39 is 13.4 Å². The average Bonchev–Trinajstić information content (AvgIpc) is 2.63. The maximum atomic E-state index is 13.5. The lowest BCUT2D eigenvalue weighted by Crippen LogP contribution is -2.18. The van der Waals surface area contributed by atoms with E-state index in [2.05, 4.69) is 0 Å². The zero-order valence-corrected chi connectivity index (χ0v) is 16.0. The predicted octanol–water partition coefficient (Wildman–Crippen LogP) is 5.57. The van der Waals surface area contributed by atoms with Crippen molar-refractivity contribution in [3.63, 3.8) is 0 Å². The van der Waals surface area contributed by atoms with E-state index in [9.17, 15) is 4.57 Å². The first-order valence-electron chi connectivity index (χ1n) is 7.57. The molecule has 3 aromatic carbocycles. The number of benzene rings is 3. The largest absolute Gasteiger partial charge is 0.451 e. The molecule has 6 heteroatoms. The van der Waals surface area contributed by atoms with E-state index in [4.69, 9.17) is 14.8 Å². The van der Waals surface area contributed by atoms with Crippen molar-refractivity contribution in [1.82, 2.24) is 0 Å². The minimum atomic E-state index is -3.70. The summed E-state index contributed by atoms with van der Waals surface area (Å²) < 4.78 is 24.9. The summed E-state index contributed by atoms with van der Waals surface area (Å²) in [5, 5.41) is 0. The zero-order chi connectivity index (χ0) is 16.8. The van der Waals surface area contributed by atoms with Crippen molar-refractivity contribution < 1.29 is 13.6 Å². The van der Waals surface area contributed by atoms with Crippen molar-refractivity contribution in [2.75, 3.05) is 0 Å². The highest BCUT2D eigenvalue weighted by atomic mass is 79.9. The molecule has 0 aliphatic rings. The summed E-state index contributed by atoms with van der Waals surface area (Å²) in [6, 6.07) is 27.0. The third kappa shape index (κ3) is 4.95. The van der Waals surface area contributed by atoms with Gasteiger partial charge in [0.05, 0.1) is 0 Å². The van der Waals surface area contributed by atoms with E-state index in [0.717, 1.165) is 0 Å². The Hall–Kier alpha value is -2.07. The molecule has 0 amide bonds. The monoisotopic (exact) mass is 419 g/mol. The van der Waals surface area contributed by atoms with Gasteiger partial charge in [-0.05, 0) is 29.8 Å². The molecular formula is C19H19BrNO3P. The molecule has 0 aliphatic carbocycles. The normalized spacial score (nSPS) is 11.9. The highest BCUT2D eigenvalue weighted by Gasteiger charge is 2.38. The Morgan fingerprint density at radius 1 is 0.680 bits per heavy atom. The first kappa shape index (κ1) is 19.3. The smallest absolute Gasteiger partial charge is 0.415 e. The second-order valence-electron chi connectivity index (χ2n) is 5.20. The van der Waals surface area contributed by atoms with Gasteiger partial charge in [-0.15, -0.1) is 17.0 Å². The van der Waals surface area contributed by atoms with Gasteiger partial charge in [-0.2, -0.15) is 0 Å². The van der Waals surface area contributed by atoms with Crippen LogP contribution in [0, 0.1) is 0 Å². The molecule has 0 spiro atoms. The maximum absolute atomic E-state index is 13.5. The SMILES string of the molecule is Br.NC(c1ccccc1)P(=O)(Oc1ccccc1)Oc1ccccc1. The van der Waals surface area contributed by atoms with Gasteiger partial charge in [-0.25, -0.2) is 4.57 Å². The molecule has 1 unspecified atom stereocenters. The van der Waals surface area contributed by atoms with Gasteiger partial charge in [0, 0.05) is 0 Å². The molecular weight excluding hydrogens is 401 g/mol. The van der Waals surface area contributed by atoms with Crippen molar-refractivity contribution >= 4 is 24.6 Å². The Morgan fingerprint density at radius 3 is 1.44 bits per heavy atom. The number of nitrogens with two attached hydrogens (primary N) is 1. The molecule has 0 bridgehead atoms. The first-order chi connectivity index (χ1) is 11.7. The number of rotatable bonds is 6. The second-order valence-corrected chi connectivity index (χ2v) is 7.21. The Balaban J connectivity index is 0.00000225. The molecule has 3 aromatic rings. The van der Waals surface area contributed by atoms with Gasteiger partial charge < -0.3 is 14.8 Å². The summed E-state index contributed by atoms with van der Waals surface area (Å²) in [4.78, 5) is 0. The van der Waals surface area contributed by atoms with Crippen LogP contribution in [0.5, 0.6) is 11.5 Å². The van der Waals surface area contributed by atoms with Crippen LogP contribution in [-0.2, 0) is 4.57 Å². The Bertz CT molecular complexity index is 770. The minimum absolute atomic E-state index is 0. The number of hydrogen-bond donors (Lipinski definition) is 1. The third-order valence-electron chi connectivity index (χ3n) is 3.43. The highest BCUT2D eigenvalue weighted by Crippen LogP contribution is 2.57. The van der Waals surface area contributed by atoms with Gasteiger partial charge in [-0.1, -0.05) is 66.7 Å². The van der Waals surface area contributed by atoms with Crippen LogP contribution in [-0.4, -0.2) is 0 Å².